The summed E-state index contributed by atoms with van der Waals surface area (Å²) in [6.07, 6.45) is 5.19. The Morgan fingerprint density at radius 1 is 1.07 bits per heavy atom. The van der Waals surface area contributed by atoms with Gasteiger partial charge in [0.2, 0.25) is 0 Å². The molecule has 0 aromatic carbocycles. The molecule has 2 aliphatic rings. The Kier molecular flexibility index (Phi) is 5.00. The fourth-order valence-corrected chi connectivity index (χ4v) is 2.06. The second-order valence-electron chi connectivity index (χ2n) is 3.92. The molecule has 0 saturated carbocycles. The molecule has 0 aromatic heterocycles. The molecule has 0 bridgehead atoms. The van der Waals surface area contributed by atoms with Crippen molar-refractivity contribution in [2.45, 2.75) is 45.1 Å². The van der Waals surface area contributed by atoms with Crippen LogP contribution in [0.3, 0.4) is 0 Å². The van der Waals surface area contributed by atoms with Crippen LogP contribution in [0.2, 0.25) is 0 Å². The van der Waals surface area contributed by atoms with E-state index < -0.39 is 0 Å². The molecule has 2 fully saturated rings. The first-order valence-corrected chi connectivity index (χ1v) is 5.49. The van der Waals surface area contributed by atoms with Gasteiger partial charge in [-0.3, -0.25) is 0 Å². The number of hydrogen-bond acceptors (Lipinski definition) is 2. The van der Waals surface area contributed by atoms with Crippen LogP contribution in [0.5, 0.6) is 0 Å². The first kappa shape index (κ1) is 11.6. The van der Waals surface area contributed by atoms with E-state index in [-0.39, 0.29) is 0 Å². The topological polar surface area (TPSA) is 21.3 Å². The Balaban J connectivity index is 0.000000213. The van der Waals surface area contributed by atoms with Gasteiger partial charge in [0.25, 0.3) is 0 Å². The van der Waals surface area contributed by atoms with Crippen molar-refractivity contribution in [3.63, 3.8) is 0 Å². The van der Waals surface area contributed by atoms with Crippen LogP contribution >= 0.6 is 0 Å². The van der Waals surface area contributed by atoms with E-state index in [1.165, 1.54) is 32.2 Å². The predicted molar refractivity (Wildman–Crippen MR) is 59.1 cm³/mol. The summed E-state index contributed by atoms with van der Waals surface area (Å²) in [6.45, 7) is 6.79. The molecule has 2 nitrogen and oxygen atoms in total. The molecular formula is C12H21NO. The van der Waals surface area contributed by atoms with E-state index in [0.717, 1.165) is 13.2 Å². The van der Waals surface area contributed by atoms with Gasteiger partial charge in [-0.05, 0) is 46.1 Å². The SMILES string of the molecule is C1CNC2(C1)CCOCC2.CC#CC. The lowest BCUT2D eigenvalue weighted by atomic mass is 9.89. The molecule has 0 radical (unpaired) electrons. The van der Waals surface area contributed by atoms with E-state index in [1.807, 2.05) is 13.8 Å². The fraction of sp³-hybridized carbons (Fsp3) is 0.833. The third kappa shape index (κ3) is 3.32. The highest BCUT2D eigenvalue weighted by atomic mass is 16.5. The molecule has 1 N–H and O–H groups in total. The largest absolute Gasteiger partial charge is 0.381 e. The van der Waals surface area contributed by atoms with Gasteiger partial charge in [-0.2, -0.15) is 0 Å². The molecule has 2 heterocycles. The standard InChI is InChI=1S/C8H15NO.C4H6/c1-2-8(9-5-1)3-6-10-7-4-8;1-3-4-2/h9H,1-7H2;1-2H3. The van der Waals surface area contributed by atoms with Gasteiger partial charge in [-0.25, -0.2) is 0 Å². The minimum absolute atomic E-state index is 0.498. The van der Waals surface area contributed by atoms with Crippen molar-refractivity contribution >= 4 is 0 Å². The van der Waals surface area contributed by atoms with Gasteiger partial charge in [-0.15, -0.1) is 11.8 Å². The number of rotatable bonds is 0. The van der Waals surface area contributed by atoms with E-state index >= 15 is 0 Å². The summed E-state index contributed by atoms with van der Waals surface area (Å²) in [6, 6.07) is 0. The molecular weight excluding hydrogens is 174 g/mol. The van der Waals surface area contributed by atoms with Crippen LogP contribution in [0.1, 0.15) is 39.5 Å². The van der Waals surface area contributed by atoms with Crippen molar-refractivity contribution in [1.29, 1.82) is 0 Å². The minimum atomic E-state index is 0.498. The number of hydrogen-bond donors (Lipinski definition) is 1. The molecule has 0 atom stereocenters. The van der Waals surface area contributed by atoms with Crippen LogP contribution in [0.15, 0.2) is 0 Å². The van der Waals surface area contributed by atoms with Crippen molar-refractivity contribution in [1.82, 2.24) is 5.32 Å². The Morgan fingerprint density at radius 3 is 2.14 bits per heavy atom. The maximum absolute atomic E-state index is 5.32. The fourth-order valence-electron chi connectivity index (χ4n) is 2.06. The molecule has 0 aliphatic carbocycles. The second kappa shape index (κ2) is 6.06. The molecule has 2 heteroatoms. The summed E-state index contributed by atoms with van der Waals surface area (Å²) in [5.41, 5.74) is 0.498. The summed E-state index contributed by atoms with van der Waals surface area (Å²) in [4.78, 5) is 0. The van der Waals surface area contributed by atoms with Crippen molar-refractivity contribution in [3.8, 4) is 11.8 Å². The smallest absolute Gasteiger partial charge is 0.0483 e. The molecule has 2 saturated heterocycles. The molecule has 0 aromatic rings. The van der Waals surface area contributed by atoms with E-state index in [9.17, 15) is 0 Å². The zero-order valence-electron chi connectivity index (χ0n) is 9.36. The summed E-state index contributed by atoms with van der Waals surface area (Å²) >= 11 is 0. The zero-order chi connectivity index (χ0) is 10.3. The van der Waals surface area contributed by atoms with Crippen molar-refractivity contribution in [2.75, 3.05) is 19.8 Å². The third-order valence-corrected chi connectivity index (χ3v) is 3.03. The molecule has 1 spiro atoms. The summed E-state index contributed by atoms with van der Waals surface area (Å²) in [5.74, 6) is 5.36. The monoisotopic (exact) mass is 195 g/mol. The lowest BCUT2D eigenvalue weighted by Crippen LogP contribution is -2.44. The van der Waals surface area contributed by atoms with Gasteiger partial charge in [0, 0.05) is 18.8 Å². The lowest BCUT2D eigenvalue weighted by molar-refractivity contribution is 0.0458. The Labute approximate surface area is 87.4 Å². The number of ether oxygens (including phenoxy) is 1. The van der Waals surface area contributed by atoms with E-state index in [2.05, 4.69) is 17.2 Å². The maximum atomic E-state index is 5.32. The van der Waals surface area contributed by atoms with Crippen molar-refractivity contribution in [2.24, 2.45) is 0 Å². The van der Waals surface area contributed by atoms with Gasteiger partial charge >= 0.3 is 0 Å². The molecule has 0 unspecified atom stereocenters. The highest BCUT2D eigenvalue weighted by Gasteiger charge is 2.34. The van der Waals surface area contributed by atoms with Crippen LogP contribution in [0, 0.1) is 11.8 Å². The molecule has 14 heavy (non-hydrogen) atoms. The summed E-state index contributed by atoms with van der Waals surface area (Å²) < 4.78 is 5.32. The van der Waals surface area contributed by atoms with Crippen molar-refractivity contribution < 1.29 is 4.74 Å². The average molecular weight is 195 g/mol. The highest BCUT2D eigenvalue weighted by molar-refractivity contribution is 4.94. The van der Waals surface area contributed by atoms with Crippen LogP contribution < -0.4 is 5.32 Å². The zero-order valence-corrected chi connectivity index (χ0v) is 9.36. The Morgan fingerprint density at radius 2 is 1.71 bits per heavy atom. The Hall–Kier alpha value is -0.520. The lowest BCUT2D eigenvalue weighted by Gasteiger charge is -2.33. The van der Waals surface area contributed by atoms with Gasteiger partial charge in [-0.1, -0.05) is 0 Å². The molecule has 80 valence electrons. The molecule has 0 amide bonds. The molecule has 2 aliphatic heterocycles. The quantitative estimate of drug-likeness (QED) is 0.596. The first-order valence-electron chi connectivity index (χ1n) is 5.49. The second-order valence-corrected chi connectivity index (χ2v) is 3.92. The van der Waals surface area contributed by atoms with E-state index in [4.69, 9.17) is 4.74 Å². The minimum Gasteiger partial charge on any atom is -0.381 e. The van der Waals surface area contributed by atoms with Gasteiger partial charge in [0.1, 0.15) is 0 Å². The van der Waals surface area contributed by atoms with Gasteiger partial charge in [0.05, 0.1) is 0 Å². The van der Waals surface area contributed by atoms with Crippen LogP contribution in [0.25, 0.3) is 0 Å². The number of nitrogens with one attached hydrogen (secondary N) is 1. The van der Waals surface area contributed by atoms with Crippen molar-refractivity contribution in [3.05, 3.63) is 0 Å². The maximum Gasteiger partial charge on any atom is 0.0483 e. The Bertz CT molecular complexity index is 194. The van der Waals surface area contributed by atoms with Crippen LogP contribution in [0.4, 0.5) is 0 Å². The molecule has 2 rings (SSSR count). The van der Waals surface area contributed by atoms with E-state index in [0.29, 0.717) is 5.54 Å². The van der Waals surface area contributed by atoms with Crippen LogP contribution in [-0.4, -0.2) is 25.3 Å². The van der Waals surface area contributed by atoms with Gasteiger partial charge in [0.15, 0.2) is 0 Å². The summed E-state index contributed by atoms with van der Waals surface area (Å²) in [5, 5.41) is 3.59. The van der Waals surface area contributed by atoms with E-state index in [1.54, 1.807) is 0 Å². The van der Waals surface area contributed by atoms with Crippen LogP contribution in [-0.2, 0) is 4.74 Å². The highest BCUT2D eigenvalue weighted by Crippen LogP contribution is 2.29. The first-order chi connectivity index (χ1) is 6.83. The predicted octanol–water partition coefficient (Wildman–Crippen LogP) is 1.95. The summed E-state index contributed by atoms with van der Waals surface area (Å²) in [7, 11) is 0. The van der Waals surface area contributed by atoms with Gasteiger partial charge < -0.3 is 10.1 Å². The third-order valence-electron chi connectivity index (χ3n) is 3.03. The normalized spacial score (nSPS) is 23.3. The average Bonchev–Trinajstić information content (AvgIpc) is 2.68.